The van der Waals surface area contributed by atoms with Crippen LogP contribution in [-0.4, -0.2) is 66.1 Å². The van der Waals surface area contributed by atoms with Crippen molar-refractivity contribution >= 4 is 33.3 Å². The van der Waals surface area contributed by atoms with Gasteiger partial charge in [0.2, 0.25) is 5.91 Å². The predicted octanol–water partition coefficient (Wildman–Crippen LogP) is -1.38. The molecule has 5 atom stereocenters. The van der Waals surface area contributed by atoms with Crippen LogP contribution in [-0.2, 0) is 37.0 Å². The van der Waals surface area contributed by atoms with Crippen LogP contribution in [0.15, 0.2) is 17.1 Å². The lowest BCUT2D eigenvalue weighted by atomic mass is 10.1. The summed E-state index contributed by atoms with van der Waals surface area (Å²) >= 11 is 0. The normalized spacial score (nSPS) is 25.6. The Balaban J connectivity index is 2.24. The van der Waals surface area contributed by atoms with Gasteiger partial charge >= 0.3 is 27.3 Å². The number of aliphatic hydroxyl groups is 1. The van der Waals surface area contributed by atoms with Gasteiger partial charge in [-0.15, -0.1) is 0 Å². The number of ether oxygens (including phenoxy) is 2. The van der Waals surface area contributed by atoms with Crippen LogP contribution in [0.25, 0.3) is 0 Å². The molecular formula is C13H19N3O13P2. The molecule has 0 radical (unpaired) electrons. The van der Waals surface area contributed by atoms with Crippen molar-refractivity contribution in [2.24, 2.45) is 0 Å². The van der Waals surface area contributed by atoms with Gasteiger partial charge in [0.25, 0.3) is 0 Å². The SMILES string of the molecule is CC(=O)Nc1ccn([C@@H]2O[C@H](COP(=O)(O)OP(=O)(O)O)C(O)[C@@H]2OC(C)=O)c(=O)n1. The van der Waals surface area contributed by atoms with Gasteiger partial charge in [-0.3, -0.25) is 18.7 Å². The first kappa shape index (κ1) is 25.3. The van der Waals surface area contributed by atoms with Gasteiger partial charge in [-0.2, -0.15) is 9.29 Å². The molecule has 2 rings (SSSR count). The van der Waals surface area contributed by atoms with Gasteiger partial charge in [-0.25, -0.2) is 13.9 Å². The number of hydrogen-bond donors (Lipinski definition) is 5. The molecule has 16 nitrogen and oxygen atoms in total. The first-order valence-corrected chi connectivity index (χ1v) is 11.3. The third-order valence-electron chi connectivity index (χ3n) is 3.63. The van der Waals surface area contributed by atoms with Gasteiger partial charge in [0.15, 0.2) is 12.3 Å². The second kappa shape index (κ2) is 9.65. The smallest absolute Gasteiger partial charge is 0.455 e. The zero-order chi connectivity index (χ0) is 23.6. The van der Waals surface area contributed by atoms with E-state index in [9.17, 15) is 33.5 Å². The van der Waals surface area contributed by atoms with Crippen molar-refractivity contribution in [1.82, 2.24) is 9.55 Å². The average molecular weight is 487 g/mol. The van der Waals surface area contributed by atoms with Gasteiger partial charge in [0, 0.05) is 20.0 Å². The van der Waals surface area contributed by atoms with Crippen molar-refractivity contribution in [3.05, 3.63) is 22.7 Å². The van der Waals surface area contributed by atoms with Crippen molar-refractivity contribution in [2.45, 2.75) is 38.4 Å². The number of phosphoric acid groups is 2. The maximum Gasteiger partial charge on any atom is 0.481 e. The Morgan fingerprint density at radius 2 is 1.94 bits per heavy atom. The Kier molecular flexibility index (Phi) is 7.86. The van der Waals surface area contributed by atoms with Gasteiger partial charge in [0.1, 0.15) is 18.0 Å². The Morgan fingerprint density at radius 1 is 1.29 bits per heavy atom. The second-order valence-corrected chi connectivity index (χ2v) is 8.98. The molecule has 2 heterocycles. The topological polar surface area (TPSA) is 233 Å². The third-order valence-corrected chi connectivity index (χ3v) is 5.79. The molecule has 0 bridgehead atoms. The van der Waals surface area contributed by atoms with Crippen LogP contribution in [0.2, 0.25) is 0 Å². The molecule has 0 aliphatic carbocycles. The molecule has 2 unspecified atom stereocenters. The van der Waals surface area contributed by atoms with Crippen molar-refractivity contribution in [3.63, 3.8) is 0 Å². The number of amides is 1. The Morgan fingerprint density at radius 3 is 2.45 bits per heavy atom. The molecule has 5 N–H and O–H groups in total. The summed E-state index contributed by atoms with van der Waals surface area (Å²) < 4.78 is 41.5. The Bertz CT molecular complexity index is 991. The van der Waals surface area contributed by atoms with E-state index in [4.69, 9.17) is 19.3 Å². The number of esters is 1. The molecule has 18 heteroatoms. The van der Waals surface area contributed by atoms with Crippen molar-refractivity contribution in [3.8, 4) is 0 Å². The summed E-state index contributed by atoms with van der Waals surface area (Å²) in [6, 6.07) is 1.23. The average Bonchev–Trinajstić information content (AvgIpc) is 2.86. The molecule has 0 spiro atoms. The van der Waals surface area contributed by atoms with Crippen LogP contribution >= 0.6 is 15.6 Å². The minimum atomic E-state index is -5.37. The van der Waals surface area contributed by atoms with E-state index in [-0.39, 0.29) is 5.82 Å². The highest BCUT2D eigenvalue weighted by molar-refractivity contribution is 7.60. The number of aromatic nitrogens is 2. The van der Waals surface area contributed by atoms with E-state index in [1.54, 1.807) is 0 Å². The molecule has 174 valence electrons. The number of carbonyl (C=O) groups excluding carboxylic acids is 2. The minimum absolute atomic E-state index is 0.0768. The highest BCUT2D eigenvalue weighted by Gasteiger charge is 2.48. The summed E-state index contributed by atoms with van der Waals surface area (Å²) in [6.07, 6.45) is -4.99. The van der Waals surface area contributed by atoms with Crippen LogP contribution in [0, 0.1) is 0 Å². The highest BCUT2D eigenvalue weighted by atomic mass is 31.3. The van der Waals surface area contributed by atoms with E-state index in [0.29, 0.717) is 0 Å². The van der Waals surface area contributed by atoms with E-state index < -0.39 is 64.4 Å². The lowest BCUT2D eigenvalue weighted by Gasteiger charge is -2.21. The number of hydrogen-bond acceptors (Lipinski definition) is 11. The summed E-state index contributed by atoms with van der Waals surface area (Å²) in [4.78, 5) is 64.9. The zero-order valence-corrected chi connectivity index (χ0v) is 17.7. The minimum Gasteiger partial charge on any atom is -0.455 e. The van der Waals surface area contributed by atoms with E-state index in [1.807, 2.05) is 0 Å². The molecule has 1 aromatic rings. The standard InChI is InChI=1S/C13H19N3O13P2/c1-6(17)14-9-3-4-16(13(20)15-9)12-11(27-7(2)18)10(19)8(28-12)5-26-31(24,25)29-30(21,22)23/h3-4,8,10-12,19H,5H2,1-2H3,(H,24,25)(H2,21,22,23)(H,14,15,17,20)/t8-,10?,11+,12-/m1/s1. The summed E-state index contributed by atoms with van der Waals surface area (Å²) in [5, 5.41) is 12.7. The number of aliphatic hydroxyl groups excluding tert-OH is 1. The fourth-order valence-corrected chi connectivity index (χ4v) is 4.18. The summed E-state index contributed by atoms with van der Waals surface area (Å²) in [6.45, 7) is 1.28. The van der Waals surface area contributed by atoms with Gasteiger partial charge in [0.05, 0.1) is 6.61 Å². The fraction of sp³-hybridized carbons (Fsp3) is 0.538. The highest BCUT2D eigenvalue weighted by Crippen LogP contribution is 2.57. The van der Waals surface area contributed by atoms with Crippen LogP contribution in [0.5, 0.6) is 0 Å². The first-order valence-electron chi connectivity index (χ1n) is 8.30. The van der Waals surface area contributed by atoms with E-state index >= 15 is 0 Å². The molecule has 1 aliphatic heterocycles. The van der Waals surface area contributed by atoms with Gasteiger partial charge < -0.3 is 34.6 Å². The molecule has 1 fully saturated rings. The molecule has 0 aromatic carbocycles. The maximum absolute atomic E-state index is 12.3. The number of nitrogens with one attached hydrogen (secondary N) is 1. The zero-order valence-electron chi connectivity index (χ0n) is 15.9. The van der Waals surface area contributed by atoms with Crippen molar-refractivity contribution < 1.29 is 56.8 Å². The summed E-state index contributed by atoms with van der Waals surface area (Å²) in [5.74, 6) is -1.42. The number of anilines is 1. The Hall–Kier alpha value is -2.00. The predicted molar refractivity (Wildman–Crippen MR) is 97.2 cm³/mol. The van der Waals surface area contributed by atoms with Crippen LogP contribution in [0.3, 0.4) is 0 Å². The van der Waals surface area contributed by atoms with E-state index in [0.717, 1.165) is 17.7 Å². The lowest BCUT2D eigenvalue weighted by Crippen LogP contribution is -2.39. The molecule has 31 heavy (non-hydrogen) atoms. The monoisotopic (exact) mass is 487 g/mol. The molecule has 1 aromatic heterocycles. The van der Waals surface area contributed by atoms with Crippen molar-refractivity contribution in [1.29, 1.82) is 0 Å². The summed E-state index contributed by atoms with van der Waals surface area (Å²) in [5.41, 5.74) is -0.958. The van der Waals surface area contributed by atoms with Crippen LogP contribution < -0.4 is 11.0 Å². The fourth-order valence-electron chi connectivity index (χ4n) is 2.58. The maximum atomic E-state index is 12.3. The van der Waals surface area contributed by atoms with Crippen LogP contribution in [0.1, 0.15) is 20.1 Å². The van der Waals surface area contributed by atoms with Crippen LogP contribution in [0.4, 0.5) is 5.82 Å². The lowest BCUT2D eigenvalue weighted by molar-refractivity contribution is -0.156. The number of rotatable bonds is 8. The van der Waals surface area contributed by atoms with E-state index in [2.05, 4.69) is 19.1 Å². The molecule has 1 amide bonds. The molecule has 0 saturated carbocycles. The second-order valence-electron chi connectivity index (χ2n) is 6.15. The number of nitrogens with zero attached hydrogens (tertiary/aromatic N) is 2. The number of phosphoric ester groups is 1. The van der Waals surface area contributed by atoms with E-state index in [1.165, 1.54) is 13.0 Å². The van der Waals surface area contributed by atoms with Gasteiger partial charge in [-0.1, -0.05) is 0 Å². The molecule has 1 aliphatic rings. The largest absolute Gasteiger partial charge is 0.481 e. The summed E-state index contributed by atoms with van der Waals surface area (Å²) in [7, 11) is -10.6. The molecule has 1 saturated heterocycles. The van der Waals surface area contributed by atoms with Crippen molar-refractivity contribution in [2.75, 3.05) is 11.9 Å². The third kappa shape index (κ3) is 7.28. The molecular weight excluding hydrogens is 468 g/mol. The number of carbonyl (C=O) groups is 2. The first-order chi connectivity index (χ1) is 14.2. The van der Waals surface area contributed by atoms with Gasteiger partial charge in [-0.05, 0) is 6.07 Å². The quantitative estimate of drug-likeness (QED) is 0.210. The Labute approximate surface area is 173 Å².